The van der Waals surface area contributed by atoms with Crippen LogP contribution in [0.4, 0.5) is 0 Å². The fraction of sp³-hybridized carbons (Fsp3) is 0.462. The van der Waals surface area contributed by atoms with Crippen molar-refractivity contribution in [1.82, 2.24) is 9.88 Å². The minimum Gasteiger partial charge on any atom is -0.481 e. The summed E-state index contributed by atoms with van der Waals surface area (Å²) in [6, 6.07) is 2.95. The van der Waals surface area contributed by atoms with E-state index in [1.807, 2.05) is 0 Å². The van der Waals surface area contributed by atoms with Crippen LogP contribution in [0.15, 0.2) is 27.6 Å². The molecule has 20 heavy (non-hydrogen) atoms. The summed E-state index contributed by atoms with van der Waals surface area (Å²) in [5, 5.41) is 11.5. The molecule has 1 aromatic heterocycles. The van der Waals surface area contributed by atoms with Crippen molar-refractivity contribution in [3.05, 3.63) is 33.2 Å². The third-order valence-corrected chi connectivity index (χ3v) is 3.49. The van der Waals surface area contributed by atoms with Gasteiger partial charge in [0.15, 0.2) is 0 Å². The van der Waals surface area contributed by atoms with Gasteiger partial charge in [-0.1, -0.05) is 6.92 Å². The van der Waals surface area contributed by atoms with Gasteiger partial charge in [-0.25, -0.2) is 0 Å². The van der Waals surface area contributed by atoms with E-state index in [2.05, 4.69) is 21.2 Å². The van der Waals surface area contributed by atoms with Crippen LogP contribution in [0.1, 0.15) is 26.7 Å². The highest BCUT2D eigenvalue weighted by Crippen LogP contribution is 2.14. The second-order valence-corrected chi connectivity index (χ2v) is 5.76. The van der Waals surface area contributed by atoms with E-state index in [1.165, 1.54) is 16.8 Å². The highest BCUT2D eigenvalue weighted by molar-refractivity contribution is 9.10. The number of hydrogen-bond donors (Lipinski definition) is 2. The molecule has 1 heterocycles. The SMILES string of the molecule is CC[C@](C)(CC(=O)O)NC(=O)Cn1cc(Br)ccc1=O. The van der Waals surface area contributed by atoms with Gasteiger partial charge in [0.1, 0.15) is 6.54 Å². The van der Waals surface area contributed by atoms with Crippen LogP contribution in [0, 0.1) is 0 Å². The summed E-state index contributed by atoms with van der Waals surface area (Å²) in [6.07, 6.45) is 1.84. The van der Waals surface area contributed by atoms with Crippen molar-refractivity contribution in [2.24, 2.45) is 0 Å². The third kappa shape index (κ3) is 4.80. The normalized spacial score (nSPS) is 13.6. The zero-order chi connectivity index (χ0) is 15.3. The Kier molecular flexibility index (Phi) is 5.50. The molecule has 0 aliphatic heterocycles. The van der Waals surface area contributed by atoms with Crippen LogP contribution >= 0.6 is 15.9 Å². The molecule has 0 aromatic carbocycles. The Bertz CT molecular complexity index is 570. The summed E-state index contributed by atoms with van der Waals surface area (Å²) in [5.41, 5.74) is -1.11. The maximum absolute atomic E-state index is 12.0. The lowest BCUT2D eigenvalue weighted by molar-refractivity contribution is -0.139. The first-order valence-corrected chi connectivity index (χ1v) is 6.94. The fourth-order valence-electron chi connectivity index (χ4n) is 1.75. The highest BCUT2D eigenvalue weighted by atomic mass is 79.9. The van der Waals surface area contributed by atoms with E-state index in [-0.39, 0.29) is 18.5 Å². The average Bonchev–Trinajstić information content (AvgIpc) is 2.32. The second-order valence-electron chi connectivity index (χ2n) is 4.85. The summed E-state index contributed by atoms with van der Waals surface area (Å²) in [5.74, 6) is -1.37. The first kappa shape index (κ1) is 16.4. The number of pyridine rings is 1. The van der Waals surface area contributed by atoms with Crippen molar-refractivity contribution in [2.45, 2.75) is 38.8 Å². The van der Waals surface area contributed by atoms with Gasteiger partial charge in [-0.3, -0.25) is 14.4 Å². The molecule has 2 N–H and O–H groups in total. The van der Waals surface area contributed by atoms with Crippen molar-refractivity contribution >= 4 is 27.8 Å². The monoisotopic (exact) mass is 344 g/mol. The molecule has 0 saturated carbocycles. The summed E-state index contributed by atoms with van der Waals surface area (Å²) in [6.45, 7) is 3.32. The topological polar surface area (TPSA) is 88.4 Å². The first-order valence-electron chi connectivity index (χ1n) is 6.14. The van der Waals surface area contributed by atoms with Gasteiger partial charge in [0, 0.05) is 22.3 Å². The number of carboxylic acids is 1. The highest BCUT2D eigenvalue weighted by Gasteiger charge is 2.27. The van der Waals surface area contributed by atoms with E-state index in [9.17, 15) is 14.4 Å². The summed E-state index contributed by atoms with van der Waals surface area (Å²) < 4.78 is 1.95. The number of nitrogens with one attached hydrogen (secondary N) is 1. The summed E-state index contributed by atoms with van der Waals surface area (Å²) in [4.78, 5) is 34.3. The quantitative estimate of drug-likeness (QED) is 0.815. The Balaban J connectivity index is 2.78. The van der Waals surface area contributed by atoms with Crippen molar-refractivity contribution in [3.8, 4) is 0 Å². The molecule has 1 atom stereocenters. The van der Waals surface area contributed by atoms with E-state index in [1.54, 1.807) is 19.9 Å². The maximum Gasteiger partial charge on any atom is 0.305 e. The van der Waals surface area contributed by atoms with Crippen LogP contribution in [0.25, 0.3) is 0 Å². The third-order valence-electron chi connectivity index (χ3n) is 3.02. The molecule has 1 aromatic rings. The van der Waals surface area contributed by atoms with Crippen molar-refractivity contribution in [2.75, 3.05) is 0 Å². The number of hydrogen-bond acceptors (Lipinski definition) is 3. The van der Waals surface area contributed by atoms with Gasteiger partial charge in [-0.2, -0.15) is 0 Å². The van der Waals surface area contributed by atoms with Gasteiger partial charge in [-0.05, 0) is 35.3 Å². The maximum atomic E-state index is 12.0. The van der Waals surface area contributed by atoms with Gasteiger partial charge in [0.05, 0.1) is 6.42 Å². The molecule has 6 nitrogen and oxygen atoms in total. The van der Waals surface area contributed by atoms with E-state index in [4.69, 9.17) is 5.11 Å². The molecule has 0 fully saturated rings. The Morgan fingerprint density at radius 2 is 2.10 bits per heavy atom. The summed E-state index contributed by atoms with van der Waals surface area (Å²) in [7, 11) is 0. The Hall–Kier alpha value is -1.63. The summed E-state index contributed by atoms with van der Waals surface area (Å²) >= 11 is 3.22. The molecule has 0 saturated heterocycles. The molecule has 7 heteroatoms. The lowest BCUT2D eigenvalue weighted by Gasteiger charge is -2.28. The fourth-order valence-corrected chi connectivity index (χ4v) is 2.13. The van der Waals surface area contributed by atoms with Crippen LogP contribution in [-0.4, -0.2) is 27.1 Å². The molecule has 0 aliphatic rings. The lowest BCUT2D eigenvalue weighted by atomic mass is 9.94. The Labute approximate surface area is 124 Å². The largest absolute Gasteiger partial charge is 0.481 e. The van der Waals surface area contributed by atoms with Crippen molar-refractivity contribution in [1.29, 1.82) is 0 Å². The smallest absolute Gasteiger partial charge is 0.305 e. The minimum absolute atomic E-state index is 0.145. The molecular formula is C13H17BrN2O4. The van der Waals surface area contributed by atoms with Crippen LogP contribution in [0.5, 0.6) is 0 Å². The predicted molar refractivity (Wildman–Crippen MR) is 77.5 cm³/mol. The number of aliphatic carboxylic acids is 1. The minimum atomic E-state index is -0.978. The van der Waals surface area contributed by atoms with E-state index >= 15 is 0 Å². The number of carbonyl (C=O) groups excluding carboxylic acids is 1. The van der Waals surface area contributed by atoms with Crippen LogP contribution in [0.3, 0.4) is 0 Å². The number of aromatic nitrogens is 1. The number of amides is 1. The van der Waals surface area contributed by atoms with Gasteiger partial charge >= 0.3 is 5.97 Å². The Morgan fingerprint density at radius 3 is 2.65 bits per heavy atom. The average molecular weight is 345 g/mol. The van der Waals surface area contributed by atoms with Crippen molar-refractivity contribution in [3.63, 3.8) is 0 Å². The number of nitrogens with zero attached hydrogens (tertiary/aromatic N) is 1. The standard InChI is InChI=1S/C13H17BrN2O4/c1-3-13(2,6-12(19)20)15-10(17)8-16-7-9(14)4-5-11(16)18/h4-5,7H,3,6,8H2,1-2H3,(H,15,17)(H,19,20)/t13-/m1/s1. The predicted octanol–water partition coefficient (Wildman–Crippen LogP) is 1.37. The number of carboxylic acid groups (broad SMARTS) is 1. The first-order chi connectivity index (χ1) is 9.25. The molecule has 110 valence electrons. The van der Waals surface area contributed by atoms with Crippen LogP contribution < -0.4 is 10.9 Å². The molecule has 0 spiro atoms. The van der Waals surface area contributed by atoms with Crippen molar-refractivity contribution < 1.29 is 14.7 Å². The molecule has 0 aliphatic carbocycles. The van der Waals surface area contributed by atoms with Gasteiger partial charge in [0.25, 0.3) is 5.56 Å². The zero-order valence-electron chi connectivity index (χ0n) is 11.4. The van der Waals surface area contributed by atoms with Gasteiger partial charge in [-0.15, -0.1) is 0 Å². The van der Waals surface area contributed by atoms with E-state index in [0.717, 1.165) is 0 Å². The second kappa shape index (κ2) is 6.69. The van der Waals surface area contributed by atoms with Crippen LogP contribution in [-0.2, 0) is 16.1 Å². The molecule has 1 rings (SSSR count). The van der Waals surface area contributed by atoms with Gasteiger partial charge in [0.2, 0.25) is 5.91 Å². The molecular weight excluding hydrogens is 328 g/mol. The molecule has 0 bridgehead atoms. The Morgan fingerprint density at radius 1 is 1.45 bits per heavy atom. The van der Waals surface area contributed by atoms with E-state index in [0.29, 0.717) is 10.9 Å². The number of halogens is 1. The molecule has 0 unspecified atom stereocenters. The number of carbonyl (C=O) groups is 2. The molecule has 1 amide bonds. The zero-order valence-corrected chi connectivity index (χ0v) is 12.9. The van der Waals surface area contributed by atoms with Crippen LogP contribution in [0.2, 0.25) is 0 Å². The number of rotatable bonds is 6. The van der Waals surface area contributed by atoms with E-state index < -0.39 is 17.4 Å². The lowest BCUT2D eigenvalue weighted by Crippen LogP contribution is -2.48. The molecule has 0 radical (unpaired) electrons. The van der Waals surface area contributed by atoms with Gasteiger partial charge < -0.3 is 15.0 Å².